The number of pyridine rings is 2. The van der Waals surface area contributed by atoms with Crippen LogP contribution in [0.2, 0.25) is 0 Å². The molecular weight excluding hydrogens is 494 g/mol. The Morgan fingerprint density at radius 2 is 1.97 bits per heavy atom. The Morgan fingerprint density at radius 1 is 1.10 bits per heavy atom. The highest BCUT2D eigenvalue weighted by Crippen LogP contribution is 2.29. The van der Waals surface area contributed by atoms with Crippen LogP contribution in [0.4, 0.5) is 0 Å². The van der Waals surface area contributed by atoms with E-state index in [1.165, 1.54) is 4.90 Å². The molecule has 2 aliphatic heterocycles. The average molecular weight is 520 g/mol. The van der Waals surface area contributed by atoms with Gasteiger partial charge in [-0.3, -0.25) is 29.5 Å². The molecule has 6 rings (SSSR count). The Balaban J connectivity index is 1.23. The van der Waals surface area contributed by atoms with E-state index in [4.69, 9.17) is 4.98 Å². The fourth-order valence-corrected chi connectivity index (χ4v) is 5.26. The molecule has 0 spiro atoms. The summed E-state index contributed by atoms with van der Waals surface area (Å²) in [6.45, 7) is 2.51. The van der Waals surface area contributed by atoms with Crippen molar-refractivity contribution in [2.24, 2.45) is 0 Å². The second-order valence-electron chi connectivity index (χ2n) is 9.84. The highest BCUT2D eigenvalue weighted by Gasteiger charge is 2.39. The van der Waals surface area contributed by atoms with Gasteiger partial charge in [-0.15, -0.1) is 0 Å². The Hall–Kier alpha value is -4.92. The van der Waals surface area contributed by atoms with Crippen LogP contribution in [0.3, 0.4) is 0 Å². The first-order valence-electron chi connectivity index (χ1n) is 12.7. The van der Waals surface area contributed by atoms with E-state index in [-0.39, 0.29) is 37.2 Å². The second-order valence-corrected chi connectivity index (χ2v) is 9.84. The van der Waals surface area contributed by atoms with Gasteiger partial charge in [0.25, 0.3) is 11.8 Å². The van der Waals surface area contributed by atoms with Crippen LogP contribution in [-0.2, 0) is 22.7 Å². The number of para-hydroxylation sites is 1. The van der Waals surface area contributed by atoms with E-state index in [0.29, 0.717) is 23.2 Å². The summed E-state index contributed by atoms with van der Waals surface area (Å²) in [6, 6.07) is 16.0. The standard InChI is InChI=1S/C30H25N5O4/c1-17-4-2-6-22-23(13-24(33-27(17)22)19-5-3-11-31-15-19)28(37)32-14-18-7-8-21-20(12-18)16-35(30(21)39)25-9-10-26(36)34-29(25)38/h2-8,11-13,15,25H,9-10,14,16H2,1H3,(H,32,37)(H,34,36,38). The number of piperidine rings is 1. The van der Waals surface area contributed by atoms with Crippen molar-refractivity contribution < 1.29 is 19.2 Å². The molecule has 1 atom stereocenters. The van der Waals surface area contributed by atoms with Crippen LogP contribution in [0, 0.1) is 6.92 Å². The summed E-state index contributed by atoms with van der Waals surface area (Å²) < 4.78 is 0. The number of benzene rings is 2. The lowest BCUT2D eigenvalue weighted by molar-refractivity contribution is -0.136. The predicted octanol–water partition coefficient (Wildman–Crippen LogP) is 3.30. The molecule has 2 aromatic heterocycles. The Labute approximate surface area is 224 Å². The van der Waals surface area contributed by atoms with Crippen LogP contribution in [0.1, 0.15) is 50.2 Å². The number of hydrogen-bond acceptors (Lipinski definition) is 6. The molecule has 2 aromatic carbocycles. The van der Waals surface area contributed by atoms with Gasteiger partial charge in [0, 0.05) is 48.4 Å². The van der Waals surface area contributed by atoms with Crippen LogP contribution in [0.25, 0.3) is 22.2 Å². The van der Waals surface area contributed by atoms with E-state index < -0.39 is 11.9 Å². The second kappa shape index (κ2) is 9.75. The molecule has 0 aliphatic carbocycles. The third-order valence-electron chi connectivity index (χ3n) is 7.28. The molecule has 0 saturated carbocycles. The first-order valence-corrected chi connectivity index (χ1v) is 12.7. The number of aromatic nitrogens is 2. The number of carbonyl (C=O) groups is 4. The number of fused-ring (bicyclic) bond motifs is 2. The van der Waals surface area contributed by atoms with Crippen molar-refractivity contribution in [3.05, 3.63) is 94.8 Å². The molecule has 9 heteroatoms. The van der Waals surface area contributed by atoms with Gasteiger partial charge < -0.3 is 10.2 Å². The van der Waals surface area contributed by atoms with Gasteiger partial charge in [0.2, 0.25) is 11.8 Å². The van der Waals surface area contributed by atoms with E-state index in [2.05, 4.69) is 15.6 Å². The van der Waals surface area contributed by atoms with E-state index in [1.54, 1.807) is 30.6 Å². The number of nitrogens with one attached hydrogen (secondary N) is 2. The molecule has 9 nitrogen and oxygen atoms in total. The van der Waals surface area contributed by atoms with Crippen molar-refractivity contribution in [2.75, 3.05) is 0 Å². The number of rotatable bonds is 5. The molecule has 1 saturated heterocycles. The highest BCUT2D eigenvalue weighted by molar-refractivity contribution is 6.08. The molecule has 0 radical (unpaired) electrons. The molecule has 1 unspecified atom stereocenters. The zero-order valence-corrected chi connectivity index (χ0v) is 21.2. The number of hydrogen-bond donors (Lipinski definition) is 2. The molecule has 0 bridgehead atoms. The normalized spacial score (nSPS) is 16.8. The molecule has 4 aromatic rings. The maximum atomic E-state index is 13.4. The topological polar surface area (TPSA) is 121 Å². The molecule has 1 fully saturated rings. The van der Waals surface area contributed by atoms with Crippen molar-refractivity contribution >= 4 is 34.5 Å². The monoisotopic (exact) mass is 519 g/mol. The van der Waals surface area contributed by atoms with E-state index in [1.807, 2.05) is 43.3 Å². The molecule has 4 heterocycles. The van der Waals surface area contributed by atoms with Crippen molar-refractivity contribution in [1.82, 2.24) is 25.5 Å². The number of aryl methyl sites for hydroxylation is 1. The molecule has 4 amide bonds. The minimum Gasteiger partial charge on any atom is -0.348 e. The predicted molar refractivity (Wildman–Crippen MR) is 143 cm³/mol. The SMILES string of the molecule is Cc1cccc2c(C(=O)NCc3ccc4c(c3)CN(C3CCC(=O)NC3=O)C4=O)cc(-c3cccnc3)nc12. The van der Waals surface area contributed by atoms with Gasteiger partial charge in [-0.05, 0) is 54.3 Å². The van der Waals surface area contributed by atoms with Crippen LogP contribution >= 0.6 is 0 Å². The Kier molecular flexibility index (Phi) is 6.11. The van der Waals surface area contributed by atoms with Crippen LogP contribution in [0.5, 0.6) is 0 Å². The van der Waals surface area contributed by atoms with Crippen LogP contribution < -0.4 is 10.6 Å². The lowest BCUT2D eigenvalue weighted by Crippen LogP contribution is -2.52. The zero-order chi connectivity index (χ0) is 27.1. The molecule has 2 N–H and O–H groups in total. The van der Waals surface area contributed by atoms with Crippen molar-refractivity contribution in [1.29, 1.82) is 0 Å². The van der Waals surface area contributed by atoms with E-state index in [0.717, 1.165) is 33.2 Å². The number of imide groups is 1. The summed E-state index contributed by atoms with van der Waals surface area (Å²) in [7, 11) is 0. The lowest BCUT2D eigenvalue weighted by Gasteiger charge is -2.29. The average Bonchev–Trinajstić information content (AvgIpc) is 3.27. The number of amides is 4. The molecule has 2 aliphatic rings. The van der Waals surface area contributed by atoms with Gasteiger partial charge in [0.05, 0.1) is 16.8 Å². The zero-order valence-electron chi connectivity index (χ0n) is 21.2. The summed E-state index contributed by atoms with van der Waals surface area (Å²) in [5, 5.41) is 6.09. The van der Waals surface area contributed by atoms with Crippen molar-refractivity contribution in [2.45, 2.75) is 38.9 Å². The fourth-order valence-electron chi connectivity index (χ4n) is 5.26. The quantitative estimate of drug-likeness (QED) is 0.390. The van der Waals surface area contributed by atoms with Gasteiger partial charge in [-0.2, -0.15) is 0 Å². The van der Waals surface area contributed by atoms with Gasteiger partial charge in [0.1, 0.15) is 6.04 Å². The third kappa shape index (κ3) is 4.52. The minimum atomic E-state index is -0.664. The third-order valence-corrected chi connectivity index (χ3v) is 7.28. The Morgan fingerprint density at radius 3 is 2.77 bits per heavy atom. The van der Waals surface area contributed by atoms with Crippen LogP contribution in [-0.4, -0.2) is 44.5 Å². The van der Waals surface area contributed by atoms with Gasteiger partial charge in [-0.1, -0.05) is 30.3 Å². The smallest absolute Gasteiger partial charge is 0.255 e. The fraction of sp³-hybridized carbons (Fsp3) is 0.200. The number of nitrogens with zero attached hydrogens (tertiary/aromatic N) is 3. The highest BCUT2D eigenvalue weighted by atomic mass is 16.2. The first-order chi connectivity index (χ1) is 18.9. The van der Waals surface area contributed by atoms with E-state index in [9.17, 15) is 19.2 Å². The molecular formula is C30H25N5O4. The summed E-state index contributed by atoms with van der Waals surface area (Å²) in [4.78, 5) is 60.7. The maximum absolute atomic E-state index is 13.4. The summed E-state index contributed by atoms with van der Waals surface area (Å²) in [5.41, 5.74) is 5.89. The first kappa shape index (κ1) is 24.4. The summed E-state index contributed by atoms with van der Waals surface area (Å²) in [5.74, 6) is -1.22. The number of carbonyl (C=O) groups excluding carboxylic acids is 4. The molecule has 194 valence electrons. The maximum Gasteiger partial charge on any atom is 0.255 e. The van der Waals surface area contributed by atoms with Crippen molar-refractivity contribution in [3.63, 3.8) is 0 Å². The van der Waals surface area contributed by atoms with Gasteiger partial charge >= 0.3 is 0 Å². The Bertz CT molecular complexity index is 1670. The van der Waals surface area contributed by atoms with Gasteiger partial charge in [-0.25, -0.2) is 4.98 Å². The largest absolute Gasteiger partial charge is 0.348 e. The summed E-state index contributed by atoms with van der Waals surface area (Å²) in [6.07, 6.45) is 3.93. The van der Waals surface area contributed by atoms with E-state index >= 15 is 0 Å². The minimum absolute atomic E-state index is 0.208. The summed E-state index contributed by atoms with van der Waals surface area (Å²) >= 11 is 0. The van der Waals surface area contributed by atoms with Crippen LogP contribution in [0.15, 0.2) is 67.0 Å². The van der Waals surface area contributed by atoms with Crippen molar-refractivity contribution in [3.8, 4) is 11.3 Å². The van der Waals surface area contributed by atoms with Gasteiger partial charge in [0.15, 0.2) is 0 Å². The lowest BCUT2D eigenvalue weighted by atomic mass is 10.0. The molecule has 39 heavy (non-hydrogen) atoms.